The summed E-state index contributed by atoms with van der Waals surface area (Å²) in [6.45, 7) is 8.40. The van der Waals surface area contributed by atoms with Crippen molar-refractivity contribution in [2.24, 2.45) is 11.8 Å². The first-order valence-electron chi connectivity index (χ1n) is 7.40. The van der Waals surface area contributed by atoms with E-state index >= 15 is 0 Å². The fraction of sp³-hybridized carbons (Fsp3) is 1.00. The van der Waals surface area contributed by atoms with E-state index in [1.807, 2.05) is 6.92 Å². The zero-order chi connectivity index (χ0) is 13.3. The second-order valence-electron chi connectivity index (χ2n) is 5.53. The Morgan fingerprint density at radius 2 is 1.41 bits per heavy atom. The van der Waals surface area contributed by atoms with Crippen LogP contribution in [0.4, 0.5) is 0 Å². The van der Waals surface area contributed by atoms with Gasteiger partial charge in [-0.05, 0) is 18.8 Å². The lowest BCUT2D eigenvalue weighted by molar-refractivity contribution is -0.0123. The number of aliphatic hydroxyl groups is 2. The molecule has 4 atom stereocenters. The molecule has 0 saturated heterocycles. The summed E-state index contributed by atoms with van der Waals surface area (Å²) in [5.41, 5.74) is 0. The molecule has 0 bridgehead atoms. The van der Waals surface area contributed by atoms with E-state index in [2.05, 4.69) is 20.8 Å². The summed E-state index contributed by atoms with van der Waals surface area (Å²) < 4.78 is 0. The smallest absolute Gasteiger partial charge is 0.0615 e. The van der Waals surface area contributed by atoms with Crippen LogP contribution in [-0.2, 0) is 0 Å². The molecule has 0 aliphatic heterocycles. The average Bonchev–Trinajstić information content (AvgIpc) is 2.34. The Labute approximate surface area is 107 Å². The summed E-state index contributed by atoms with van der Waals surface area (Å²) in [5.74, 6) is 0.296. The van der Waals surface area contributed by atoms with Gasteiger partial charge in [0.1, 0.15) is 0 Å². The van der Waals surface area contributed by atoms with Gasteiger partial charge in [0.15, 0.2) is 0 Å². The molecule has 0 aromatic rings. The summed E-state index contributed by atoms with van der Waals surface area (Å²) in [6.07, 6.45) is 6.93. The van der Waals surface area contributed by atoms with Crippen LogP contribution in [-0.4, -0.2) is 22.4 Å². The number of hydrogen-bond donors (Lipinski definition) is 2. The maximum Gasteiger partial charge on any atom is 0.0615 e. The minimum atomic E-state index is -0.363. The van der Waals surface area contributed by atoms with Crippen molar-refractivity contribution in [3.63, 3.8) is 0 Å². The molecule has 2 N–H and O–H groups in total. The van der Waals surface area contributed by atoms with Gasteiger partial charge in [-0.15, -0.1) is 0 Å². The molecule has 0 aliphatic rings. The summed E-state index contributed by atoms with van der Waals surface area (Å²) in [5, 5.41) is 20.2. The molecule has 0 heterocycles. The molecular formula is C15H32O2. The van der Waals surface area contributed by atoms with E-state index in [9.17, 15) is 10.2 Å². The molecule has 2 nitrogen and oxygen atoms in total. The second kappa shape index (κ2) is 9.90. The predicted molar refractivity (Wildman–Crippen MR) is 74.0 cm³/mol. The van der Waals surface area contributed by atoms with Crippen molar-refractivity contribution >= 4 is 0 Å². The highest BCUT2D eigenvalue weighted by atomic mass is 16.3. The highest BCUT2D eigenvalue weighted by Crippen LogP contribution is 2.23. The van der Waals surface area contributed by atoms with Crippen molar-refractivity contribution in [2.75, 3.05) is 0 Å². The van der Waals surface area contributed by atoms with Gasteiger partial charge in [-0.25, -0.2) is 0 Å². The molecule has 0 aromatic carbocycles. The minimum absolute atomic E-state index is 0.00119. The van der Waals surface area contributed by atoms with Crippen LogP contribution in [0.15, 0.2) is 0 Å². The Balaban J connectivity index is 3.95. The Morgan fingerprint density at radius 3 is 1.94 bits per heavy atom. The van der Waals surface area contributed by atoms with E-state index in [-0.39, 0.29) is 18.1 Å². The van der Waals surface area contributed by atoms with Crippen LogP contribution >= 0.6 is 0 Å². The van der Waals surface area contributed by atoms with Gasteiger partial charge in [-0.2, -0.15) is 0 Å². The van der Waals surface area contributed by atoms with Gasteiger partial charge >= 0.3 is 0 Å². The molecular weight excluding hydrogens is 212 g/mol. The van der Waals surface area contributed by atoms with Crippen molar-refractivity contribution in [1.29, 1.82) is 0 Å². The predicted octanol–water partition coefficient (Wildman–Crippen LogP) is 3.75. The van der Waals surface area contributed by atoms with Gasteiger partial charge in [-0.3, -0.25) is 0 Å². The van der Waals surface area contributed by atoms with E-state index in [0.29, 0.717) is 5.92 Å². The van der Waals surface area contributed by atoms with Gasteiger partial charge in [0.25, 0.3) is 0 Å². The van der Waals surface area contributed by atoms with Crippen molar-refractivity contribution in [2.45, 2.75) is 84.8 Å². The Morgan fingerprint density at radius 1 is 0.824 bits per heavy atom. The molecule has 0 radical (unpaired) electrons. The largest absolute Gasteiger partial charge is 0.393 e. The van der Waals surface area contributed by atoms with Gasteiger partial charge in [0.2, 0.25) is 0 Å². The molecule has 104 valence electrons. The number of aliphatic hydroxyl groups excluding tert-OH is 2. The molecule has 0 unspecified atom stereocenters. The SMILES string of the molecule is CCCCC[C@H](O)[C@@H](C)[C@@H](O)[C@@H](C)CCCC. The van der Waals surface area contributed by atoms with Crippen LogP contribution in [0.3, 0.4) is 0 Å². The Hall–Kier alpha value is -0.0800. The molecule has 0 fully saturated rings. The third kappa shape index (κ3) is 7.05. The molecule has 17 heavy (non-hydrogen) atoms. The van der Waals surface area contributed by atoms with Gasteiger partial charge < -0.3 is 10.2 Å². The molecule has 0 aliphatic carbocycles. The zero-order valence-corrected chi connectivity index (χ0v) is 12.2. The highest BCUT2D eigenvalue weighted by molar-refractivity contribution is 4.76. The van der Waals surface area contributed by atoms with Gasteiger partial charge in [0, 0.05) is 5.92 Å². The highest BCUT2D eigenvalue weighted by Gasteiger charge is 2.26. The molecule has 2 heteroatoms. The van der Waals surface area contributed by atoms with Crippen LogP contribution in [0.1, 0.15) is 72.6 Å². The number of rotatable bonds is 10. The van der Waals surface area contributed by atoms with Crippen LogP contribution < -0.4 is 0 Å². The molecule has 0 saturated carbocycles. The number of unbranched alkanes of at least 4 members (excludes halogenated alkanes) is 3. The Kier molecular flexibility index (Phi) is 9.85. The van der Waals surface area contributed by atoms with E-state index < -0.39 is 0 Å². The van der Waals surface area contributed by atoms with Crippen LogP contribution in [0.2, 0.25) is 0 Å². The first-order chi connectivity index (χ1) is 8.04. The van der Waals surface area contributed by atoms with E-state index in [1.165, 1.54) is 19.3 Å². The molecule has 0 amide bonds. The maximum atomic E-state index is 10.2. The van der Waals surface area contributed by atoms with E-state index in [0.717, 1.165) is 25.7 Å². The summed E-state index contributed by atoms with van der Waals surface area (Å²) in [4.78, 5) is 0. The fourth-order valence-corrected chi connectivity index (χ4v) is 2.31. The maximum absolute atomic E-state index is 10.2. The van der Waals surface area contributed by atoms with E-state index in [1.54, 1.807) is 0 Å². The Bertz CT molecular complexity index is 170. The first-order valence-corrected chi connectivity index (χ1v) is 7.40. The van der Waals surface area contributed by atoms with Gasteiger partial charge in [0.05, 0.1) is 12.2 Å². The second-order valence-corrected chi connectivity index (χ2v) is 5.53. The van der Waals surface area contributed by atoms with Crippen LogP contribution in [0.25, 0.3) is 0 Å². The summed E-state index contributed by atoms with van der Waals surface area (Å²) >= 11 is 0. The lowest BCUT2D eigenvalue weighted by Crippen LogP contribution is -2.34. The van der Waals surface area contributed by atoms with Crippen molar-refractivity contribution in [1.82, 2.24) is 0 Å². The third-order valence-corrected chi connectivity index (χ3v) is 3.85. The zero-order valence-electron chi connectivity index (χ0n) is 12.2. The topological polar surface area (TPSA) is 40.5 Å². The van der Waals surface area contributed by atoms with Crippen molar-refractivity contribution < 1.29 is 10.2 Å². The summed E-state index contributed by atoms with van der Waals surface area (Å²) in [6, 6.07) is 0. The summed E-state index contributed by atoms with van der Waals surface area (Å²) in [7, 11) is 0. The molecule has 0 aromatic heterocycles. The normalized spacial score (nSPS) is 18.7. The monoisotopic (exact) mass is 244 g/mol. The lowest BCUT2D eigenvalue weighted by atomic mass is 9.85. The van der Waals surface area contributed by atoms with Crippen LogP contribution in [0.5, 0.6) is 0 Å². The standard InChI is InChI=1S/C15H32O2/c1-5-7-9-11-14(16)13(4)15(17)12(3)10-8-6-2/h12-17H,5-11H2,1-4H3/t12-,13+,14-,15-/m0/s1. The van der Waals surface area contributed by atoms with Crippen LogP contribution in [0, 0.1) is 11.8 Å². The minimum Gasteiger partial charge on any atom is -0.393 e. The van der Waals surface area contributed by atoms with Crippen molar-refractivity contribution in [3.05, 3.63) is 0 Å². The number of hydrogen-bond acceptors (Lipinski definition) is 2. The van der Waals surface area contributed by atoms with Crippen molar-refractivity contribution in [3.8, 4) is 0 Å². The molecule has 0 spiro atoms. The molecule has 0 rings (SSSR count). The average molecular weight is 244 g/mol. The lowest BCUT2D eigenvalue weighted by Gasteiger charge is -2.28. The first kappa shape index (κ1) is 16.9. The van der Waals surface area contributed by atoms with E-state index in [4.69, 9.17) is 0 Å². The van der Waals surface area contributed by atoms with Gasteiger partial charge in [-0.1, -0.05) is 59.8 Å². The third-order valence-electron chi connectivity index (χ3n) is 3.85. The fourth-order valence-electron chi connectivity index (χ4n) is 2.31. The quantitative estimate of drug-likeness (QED) is 0.575.